The van der Waals surface area contributed by atoms with Gasteiger partial charge in [0.15, 0.2) is 6.04 Å². The lowest BCUT2D eigenvalue weighted by atomic mass is 10.00. The van der Waals surface area contributed by atoms with Crippen LogP contribution >= 0.6 is 11.8 Å². The van der Waals surface area contributed by atoms with Gasteiger partial charge in [0, 0.05) is 0 Å². The first-order chi connectivity index (χ1) is 6.54. The Morgan fingerprint density at radius 3 is 2.93 bits per heavy atom. The summed E-state index contributed by atoms with van der Waals surface area (Å²) >= 11 is 1.41. The minimum atomic E-state index is -0.996. The maximum atomic E-state index is 11.4. The van der Waals surface area contributed by atoms with Crippen molar-refractivity contribution >= 4 is 23.6 Å². The molecule has 0 aliphatic carbocycles. The van der Waals surface area contributed by atoms with Gasteiger partial charge in [0.25, 0.3) is 0 Å². The van der Waals surface area contributed by atoms with Crippen LogP contribution in [0.3, 0.4) is 0 Å². The van der Waals surface area contributed by atoms with Crippen LogP contribution in [0.25, 0.3) is 0 Å². The van der Waals surface area contributed by atoms with Gasteiger partial charge < -0.3 is 15.7 Å². The lowest BCUT2D eigenvalue weighted by molar-refractivity contribution is -0.157. The molecule has 2 unspecified atom stereocenters. The van der Waals surface area contributed by atoms with Crippen LogP contribution in [-0.4, -0.2) is 39.3 Å². The molecule has 0 bridgehead atoms. The third-order valence-corrected chi connectivity index (χ3v) is 3.76. The van der Waals surface area contributed by atoms with Crippen molar-refractivity contribution in [3.8, 4) is 0 Å². The zero-order valence-corrected chi connectivity index (χ0v) is 8.32. The van der Waals surface area contributed by atoms with E-state index in [1.807, 2.05) is 0 Å². The molecule has 3 atom stereocenters. The van der Waals surface area contributed by atoms with Crippen molar-refractivity contribution in [1.82, 2.24) is 4.90 Å². The molecule has 0 radical (unpaired) electrons. The number of β-lactam (4-membered cyclic amide) rings is 1. The first-order valence-corrected chi connectivity index (χ1v) is 5.11. The van der Waals surface area contributed by atoms with E-state index in [0.717, 1.165) is 0 Å². The molecule has 1 fully saturated rings. The second-order valence-electron chi connectivity index (χ2n) is 3.40. The van der Waals surface area contributed by atoms with E-state index in [1.54, 1.807) is 12.3 Å². The molecule has 6 heteroatoms. The minimum absolute atomic E-state index is 0.202. The molecule has 2 aliphatic rings. The second kappa shape index (κ2) is 2.99. The number of carboxylic acid groups (broad SMARTS) is 1. The highest BCUT2D eigenvalue weighted by molar-refractivity contribution is 8.02. The average Bonchev–Trinajstić information content (AvgIpc) is 2.15. The van der Waals surface area contributed by atoms with E-state index in [0.29, 0.717) is 5.57 Å². The fourth-order valence-electron chi connectivity index (χ4n) is 1.71. The maximum absolute atomic E-state index is 11.4. The Morgan fingerprint density at radius 1 is 1.71 bits per heavy atom. The summed E-state index contributed by atoms with van der Waals surface area (Å²) < 4.78 is 0. The van der Waals surface area contributed by atoms with Crippen molar-refractivity contribution in [3.05, 3.63) is 11.0 Å². The van der Waals surface area contributed by atoms with Crippen LogP contribution in [0.5, 0.6) is 0 Å². The quantitative estimate of drug-likeness (QED) is 0.579. The van der Waals surface area contributed by atoms with E-state index >= 15 is 0 Å². The van der Waals surface area contributed by atoms with Crippen LogP contribution < -0.4 is 5.73 Å². The van der Waals surface area contributed by atoms with Gasteiger partial charge >= 0.3 is 5.97 Å². The van der Waals surface area contributed by atoms with Crippen LogP contribution in [0.1, 0.15) is 6.92 Å². The predicted octanol–water partition coefficient (Wildman–Crippen LogP) is -0.414. The minimum Gasteiger partial charge on any atom is -0.479 e. The number of hydrogen-bond acceptors (Lipinski definition) is 4. The molecule has 14 heavy (non-hydrogen) atoms. The Labute approximate surface area is 84.9 Å². The number of carboxylic acids is 1. The Hall–Kier alpha value is -1.01. The van der Waals surface area contributed by atoms with Gasteiger partial charge in [-0.1, -0.05) is 0 Å². The van der Waals surface area contributed by atoms with Crippen LogP contribution in [0.15, 0.2) is 11.0 Å². The highest BCUT2D eigenvalue weighted by Gasteiger charge is 2.52. The van der Waals surface area contributed by atoms with E-state index < -0.39 is 18.1 Å². The summed E-state index contributed by atoms with van der Waals surface area (Å²) in [5.41, 5.74) is 6.23. The molecule has 5 nitrogen and oxygen atoms in total. The first kappa shape index (κ1) is 9.54. The van der Waals surface area contributed by atoms with Crippen LogP contribution in [-0.2, 0) is 9.59 Å². The summed E-state index contributed by atoms with van der Waals surface area (Å²) in [5.74, 6) is -1.27. The van der Waals surface area contributed by atoms with Crippen LogP contribution in [0.2, 0.25) is 0 Å². The Kier molecular flexibility index (Phi) is 2.04. The van der Waals surface area contributed by atoms with E-state index in [2.05, 4.69) is 0 Å². The number of amides is 1. The van der Waals surface area contributed by atoms with Crippen LogP contribution in [0, 0.1) is 0 Å². The number of fused-ring (bicyclic) bond motifs is 1. The molecule has 2 aliphatic heterocycles. The van der Waals surface area contributed by atoms with Crippen molar-refractivity contribution < 1.29 is 14.7 Å². The number of carbonyl (C=O) groups is 2. The predicted molar refractivity (Wildman–Crippen MR) is 51.4 cm³/mol. The fraction of sp³-hybridized carbons (Fsp3) is 0.500. The molecule has 3 N–H and O–H groups in total. The number of carbonyl (C=O) groups excluding carboxylic acids is 1. The van der Waals surface area contributed by atoms with Crippen LogP contribution in [0.4, 0.5) is 0 Å². The molecule has 2 heterocycles. The summed E-state index contributed by atoms with van der Waals surface area (Å²) in [6.07, 6.45) is 0. The van der Waals surface area contributed by atoms with E-state index in [9.17, 15) is 9.59 Å². The number of aliphatic carboxylic acids is 1. The van der Waals surface area contributed by atoms with E-state index in [-0.39, 0.29) is 11.3 Å². The SMILES string of the molecule is CC1=CS[C@@H]2C(N)C(=O)N2C1C(=O)O. The van der Waals surface area contributed by atoms with Crippen molar-refractivity contribution in [2.45, 2.75) is 24.4 Å². The zero-order chi connectivity index (χ0) is 10.5. The molecule has 0 spiro atoms. The van der Waals surface area contributed by atoms with Crippen molar-refractivity contribution in [2.75, 3.05) is 0 Å². The summed E-state index contributed by atoms with van der Waals surface area (Å²) in [5, 5.41) is 10.5. The highest BCUT2D eigenvalue weighted by atomic mass is 32.2. The Balaban J connectivity index is 2.31. The largest absolute Gasteiger partial charge is 0.479 e. The monoisotopic (exact) mass is 214 g/mol. The van der Waals surface area contributed by atoms with Gasteiger partial charge in [-0.2, -0.15) is 0 Å². The molecular weight excluding hydrogens is 204 g/mol. The van der Waals surface area contributed by atoms with E-state index in [1.165, 1.54) is 16.7 Å². The number of nitrogens with two attached hydrogens (primary N) is 1. The van der Waals surface area contributed by atoms with Crippen molar-refractivity contribution in [2.24, 2.45) is 5.73 Å². The Morgan fingerprint density at radius 2 is 2.36 bits per heavy atom. The molecule has 0 saturated carbocycles. The van der Waals surface area contributed by atoms with Gasteiger partial charge in [0.05, 0.1) is 0 Å². The molecular formula is C8H10N2O3S. The first-order valence-electron chi connectivity index (χ1n) is 4.16. The van der Waals surface area contributed by atoms with Crippen molar-refractivity contribution in [3.63, 3.8) is 0 Å². The lowest BCUT2D eigenvalue weighted by Gasteiger charge is -2.49. The third-order valence-electron chi connectivity index (χ3n) is 2.46. The molecule has 76 valence electrons. The van der Waals surface area contributed by atoms with Gasteiger partial charge in [0.1, 0.15) is 11.4 Å². The fourth-order valence-corrected chi connectivity index (χ4v) is 2.83. The zero-order valence-electron chi connectivity index (χ0n) is 7.51. The van der Waals surface area contributed by atoms with Gasteiger partial charge in [0.2, 0.25) is 5.91 Å². The summed E-state index contributed by atoms with van der Waals surface area (Å²) in [4.78, 5) is 23.6. The highest BCUT2D eigenvalue weighted by Crippen LogP contribution is 2.38. The average molecular weight is 214 g/mol. The summed E-state index contributed by atoms with van der Waals surface area (Å²) in [6.45, 7) is 1.71. The van der Waals surface area contributed by atoms with Crippen molar-refractivity contribution in [1.29, 1.82) is 0 Å². The van der Waals surface area contributed by atoms with Gasteiger partial charge in [-0.15, -0.1) is 11.8 Å². The Bertz CT molecular complexity index is 341. The molecule has 0 aromatic carbocycles. The van der Waals surface area contributed by atoms with Gasteiger partial charge in [-0.25, -0.2) is 4.79 Å². The third kappa shape index (κ3) is 1.07. The van der Waals surface area contributed by atoms with E-state index in [4.69, 9.17) is 10.8 Å². The number of hydrogen-bond donors (Lipinski definition) is 2. The molecule has 0 aromatic rings. The summed E-state index contributed by atoms with van der Waals surface area (Å²) in [7, 11) is 0. The topological polar surface area (TPSA) is 83.6 Å². The number of nitrogens with zero attached hydrogens (tertiary/aromatic N) is 1. The normalized spacial score (nSPS) is 35.9. The molecule has 1 amide bonds. The standard InChI is InChI=1S/C8H10N2O3S/c1-3-2-14-7-4(9)6(11)10(7)5(3)8(12)13/h2,4-5,7H,9H2,1H3,(H,12,13)/t4?,5?,7-/m1/s1. The molecule has 1 saturated heterocycles. The smallest absolute Gasteiger partial charge is 0.330 e. The second-order valence-corrected chi connectivity index (χ2v) is 4.39. The number of thioether (sulfide) groups is 1. The van der Waals surface area contributed by atoms with Gasteiger partial charge in [-0.3, -0.25) is 4.79 Å². The molecule has 0 aromatic heterocycles. The maximum Gasteiger partial charge on any atom is 0.330 e. The molecule has 2 rings (SSSR count). The van der Waals surface area contributed by atoms with Gasteiger partial charge in [-0.05, 0) is 17.9 Å². The summed E-state index contributed by atoms with van der Waals surface area (Å²) in [6, 6.07) is -1.38. The number of rotatable bonds is 1. The lowest BCUT2D eigenvalue weighted by Crippen LogP contribution is -2.72.